The number of benzene rings is 4. The molecule has 0 saturated heterocycles. The number of amides is 1. The molecule has 242 valence electrons. The molecule has 0 aliphatic heterocycles. The fourth-order valence-electron chi connectivity index (χ4n) is 5.13. The van der Waals surface area contributed by atoms with Crippen molar-refractivity contribution < 1.29 is 44.3 Å². The topological polar surface area (TPSA) is 115 Å². The van der Waals surface area contributed by atoms with Crippen molar-refractivity contribution >= 4 is 43.7 Å². The number of nitrogens with one attached hydrogen (secondary N) is 1. The monoisotopic (exact) mass is 667 g/mol. The Labute approximate surface area is 265 Å². The number of para-hydroxylation sites is 1. The van der Waals surface area contributed by atoms with Gasteiger partial charge in [0, 0.05) is 36.7 Å². The Morgan fingerprint density at radius 3 is 2.34 bits per heavy atom. The summed E-state index contributed by atoms with van der Waals surface area (Å²) >= 11 is 0. The number of nitrogens with zero attached hydrogens (tertiary/aromatic N) is 2. The molecule has 6 aromatic rings. The van der Waals surface area contributed by atoms with Gasteiger partial charge in [-0.2, -0.15) is 0 Å². The minimum absolute atomic E-state index is 0.0481. The summed E-state index contributed by atoms with van der Waals surface area (Å²) < 4.78 is 98.4. The largest absolute Gasteiger partial charge is 0.487 e. The molecule has 2 aromatic heterocycles. The number of furan rings is 1. The van der Waals surface area contributed by atoms with Crippen LogP contribution >= 0.6 is 0 Å². The van der Waals surface area contributed by atoms with Gasteiger partial charge in [0.1, 0.15) is 35.0 Å². The summed E-state index contributed by atoms with van der Waals surface area (Å²) in [5, 5.41) is 2.87. The van der Waals surface area contributed by atoms with Crippen LogP contribution in [-0.4, -0.2) is 52.7 Å². The number of aromatic nitrogens is 1. The van der Waals surface area contributed by atoms with Gasteiger partial charge in [-0.25, -0.2) is 31.0 Å². The highest BCUT2D eigenvalue weighted by atomic mass is 32.2. The summed E-state index contributed by atoms with van der Waals surface area (Å²) in [7, 11) is -1.10. The molecular weight excluding hydrogens is 642 g/mol. The van der Waals surface area contributed by atoms with Crippen LogP contribution in [-0.2, 0) is 10.0 Å². The van der Waals surface area contributed by atoms with E-state index in [9.17, 15) is 30.8 Å². The van der Waals surface area contributed by atoms with E-state index in [1.165, 1.54) is 80.8 Å². The Balaban J connectivity index is 1.63. The van der Waals surface area contributed by atoms with Crippen LogP contribution in [0.1, 0.15) is 10.4 Å². The van der Waals surface area contributed by atoms with Crippen molar-refractivity contribution in [3.8, 4) is 39.7 Å². The number of sulfonamides is 1. The van der Waals surface area contributed by atoms with E-state index in [0.29, 0.717) is 16.5 Å². The lowest BCUT2D eigenvalue weighted by atomic mass is 9.97. The fourth-order valence-corrected chi connectivity index (χ4v) is 5.64. The number of carbonyl (C=O) groups is 1. The van der Waals surface area contributed by atoms with Gasteiger partial charge >= 0.3 is 0 Å². The number of fused-ring (bicyclic) bond motifs is 2. The molecule has 0 spiro atoms. The molecule has 0 unspecified atom stereocenters. The summed E-state index contributed by atoms with van der Waals surface area (Å²) in [5.74, 6) is -1.75. The predicted octanol–water partition coefficient (Wildman–Crippen LogP) is 7.25. The Morgan fingerprint density at radius 1 is 0.957 bits per heavy atom. The van der Waals surface area contributed by atoms with Crippen molar-refractivity contribution in [1.82, 2.24) is 10.3 Å². The van der Waals surface area contributed by atoms with Gasteiger partial charge in [-0.05, 0) is 60.2 Å². The number of anilines is 1. The number of hydrogen-bond acceptors (Lipinski definition) is 7. The summed E-state index contributed by atoms with van der Waals surface area (Å²) in [5.41, 5.74) is 1.51. The van der Waals surface area contributed by atoms with Crippen LogP contribution in [0.3, 0.4) is 0 Å². The predicted molar refractivity (Wildman–Crippen MR) is 168 cm³/mol. The summed E-state index contributed by atoms with van der Waals surface area (Å²) in [6, 6.07) is 16.8. The second-order valence-electron chi connectivity index (χ2n) is 10.5. The number of oxazole rings is 1. The van der Waals surface area contributed by atoms with Crippen molar-refractivity contribution in [2.24, 2.45) is 0 Å². The van der Waals surface area contributed by atoms with Gasteiger partial charge in [-0.1, -0.05) is 12.1 Å². The Morgan fingerprint density at radius 2 is 1.68 bits per heavy atom. The molecule has 9 nitrogen and oxygen atoms in total. The molecule has 0 saturated carbocycles. The lowest BCUT2D eigenvalue weighted by molar-refractivity contribution is 0.0821. The molecule has 0 aliphatic rings. The Kier molecular flexibility index (Phi) is 8.13. The maximum absolute atomic E-state index is 14.5. The number of halogens is 4. The molecule has 0 fully saturated rings. The van der Waals surface area contributed by atoms with Crippen LogP contribution in [0.2, 0.25) is 0 Å². The third kappa shape index (κ3) is 5.99. The van der Waals surface area contributed by atoms with Crippen molar-refractivity contribution in [3.63, 3.8) is 0 Å². The summed E-state index contributed by atoms with van der Waals surface area (Å²) in [4.78, 5) is 17.5. The van der Waals surface area contributed by atoms with E-state index in [1.807, 2.05) is 0 Å². The zero-order valence-electron chi connectivity index (χ0n) is 25.0. The first kappa shape index (κ1) is 31.6. The van der Waals surface area contributed by atoms with Crippen molar-refractivity contribution in [3.05, 3.63) is 90.0 Å². The van der Waals surface area contributed by atoms with E-state index in [1.54, 1.807) is 6.07 Å². The minimum Gasteiger partial charge on any atom is -0.487 e. The average Bonchev–Trinajstić information content (AvgIpc) is 3.65. The minimum atomic E-state index is -3.86. The quantitative estimate of drug-likeness (QED) is 0.162. The highest BCUT2D eigenvalue weighted by molar-refractivity contribution is 7.92. The van der Waals surface area contributed by atoms with E-state index >= 15 is 0 Å². The smallest absolute Gasteiger partial charge is 0.272 e. The van der Waals surface area contributed by atoms with E-state index < -0.39 is 40.6 Å². The zero-order chi connectivity index (χ0) is 33.6. The third-order valence-electron chi connectivity index (χ3n) is 7.46. The van der Waals surface area contributed by atoms with Crippen LogP contribution in [0.4, 0.5) is 23.2 Å². The molecule has 1 amide bonds. The highest BCUT2D eigenvalue weighted by Gasteiger charge is 2.27. The molecule has 47 heavy (non-hydrogen) atoms. The van der Waals surface area contributed by atoms with Crippen LogP contribution < -0.4 is 14.4 Å². The first-order valence-electron chi connectivity index (χ1n) is 14.0. The van der Waals surface area contributed by atoms with Crippen LogP contribution in [0.5, 0.6) is 5.75 Å². The fraction of sp³-hybridized carbons (Fsp3) is 0.152. The first-order chi connectivity index (χ1) is 22.3. The Bertz CT molecular complexity index is 2270. The van der Waals surface area contributed by atoms with E-state index in [2.05, 4.69) is 10.3 Å². The number of ether oxygens (including phenoxy) is 1. The number of rotatable bonds is 9. The summed E-state index contributed by atoms with van der Waals surface area (Å²) in [6.07, 6.45) is -1.80. The molecule has 4 aromatic carbocycles. The number of carbonyl (C=O) groups excluding carboxylic acids is 1. The van der Waals surface area contributed by atoms with Gasteiger partial charge in [0.25, 0.3) is 12.3 Å². The second-order valence-corrected chi connectivity index (χ2v) is 12.5. The Hall–Kier alpha value is -5.37. The molecule has 2 heterocycles. The van der Waals surface area contributed by atoms with Gasteiger partial charge in [-0.3, -0.25) is 9.10 Å². The molecular formula is C33H25F4N3O6S. The standard InChI is InChI=1S/C33H25F4N3O6S/c1-38-32(41)29-21-14-20(24(40(2)47(3,42)43)15-27(21)45-31(29)17-7-10-19(34)11-8-17)18-9-12-25(44-16-28(36)37)22(13-18)33-39-30-23(35)5-4-6-26(30)46-33/h4-15,28H,16H2,1-3H3,(H,38,41). The van der Waals surface area contributed by atoms with Gasteiger partial charge < -0.3 is 18.9 Å². The molecule has 0 aliphatic carbocycles. The maximum Gasteiger partial charge on any atom is 0.272 e. The molecule has 14 heteroatoms. The number of alkyl halides is 2. The van der Waals surface area contributed by atoms with E-state index in [-0.39, 0.29) is 56.5 Å². The highest BCUT2D eigenvalue weighted by Crippen LogP contribution is 2.43. The second kappa shape index (κ2) is 12.1. The molecule has 0 bridgehead atoms. The lowest BCUT2D eigenvalue weighted by Crippen LogP contribution is -2.25. The van der Waals surface area contributed by atoms with Crippen molar-refractivity contribution in [2.75, 3.05) is 31.3 Å². The third-order valence-corrected chi connectivity index (χ3v) is 8.65. The first-order valence-corrected chi connectivity index (χ1v) is 15.8. The average molecular weight is 668 g/mol. The molecule has 0 radical (unpaired) electrons. The molecule has 6 rings (SSSR count). The van der Waals surface area contributed by atoms with Crippen LogP contribution in [0, 0.1) is 11.6 Å². The number of hydrogen-bond donors (Lipinski definition) is 1. The maximum atomic E-state index is 14.5. The normalized spacial score (nSPS) is 11.8. The molecule has 1 N–H and O–H groups in total. The van der Waals surface area contributed by atoms with Gasteiger partial charge in [0.05, 0.1) is 23.1 Å². The van der Waals surface area contributed by atoms with E-state index in [4.69, 9.17) is 13.6 Å². The van der Waals surface area contributed by atoms with Crippen LogP contribution in [0.15, 0.2) is 81.6 Å². The summed E-state index contributed by atoms with van der Waals surface area (Å²) in [6.45, 7) is -0.953. The van der Waals surface area contributed by atoms with Gasteiger partial charge in [-0.15, -0.1) is 0 Å². The van der Waals surface area contributed by atoms with E-state index in [0.717, 1.165) is 10.6 Å². The zero-order valence-corrected chi connectivity index (χ0v) is 25.8. The van der Waals surface area contributed by atoms with Crippen molar-refractivity contribution in [1.29, 1.82) is 0 Å². The SMILES string of the molecule is CNC(=O)c1c(-c2ccc(F)cc2)oc2cc(N(C)S(C)(=O)=O)c(-c3ccc(OCC(F)F)c(-c4nc5c(F)cccc5o4)c3)cc12. The van der Waals surface area contributed by atoms with Gasteiger partial charge in [0.2, 0.25) is 15.9 Å². The molecule has 0 atom stereocenters. The lowest BCUT2D eigenvalue weighted by Gasteiger charge is -2.21. The van der Waals surface area contributed by atoms with Crippen molar-refractivity contribution in [2.45, 2.75) is 6.43 Å². The van der Waals surface area contributed by atoms with Gasteiger partial charge in [0.15, 0.2) is 11.4 Å². The van der Waals surface area contributed by atoms with Crippen LogP contribution in [0.25, 0.3) is 56.0 Å².